The molecule has 1 aliphatic rings. The zero-order chi connectivity index (χ0) is 40.7. The predicted molar refractivity (Wildman–Crippen MR) is 254 cm³/mol. The number of aromatic nitrogens is 3. The summed E-state index contributed by atoms with van der Waals surface area (Å²) in [7, 11) is 0. The van der Waals surface area contributed by atoms with Crippen molar-refractivity contribution in [2.24, 2.45) is 0 Å². The highest BCUT2D eigenvalue weighted by molar-refractivity contribution is 6.12. The molecule has 0 aliphatic carbocycles. The summed E-state index contributed by atoms with van der Waals surface area (Å²) in [6.45, 7) is 4.65. The minimum absolute atomic E-state index is 0.212. The number of pyridine rings is 1. The third-order valence-corrected chi connectivity index (χ3v) is 12.7. The van der Waals surface area contributed by atoms with Crippen LogP contribution in [0.15, 0.2) is 213 Å². The zero-order valence-corrected chi connectivity index (χ0v) is 33.9. The van der Waals surface area contributed by atoms with Crippen LogP contribution < -0.4 is 9.80 Å². The quantitative estimate of drug-likeness (QED) is 0.168. The number of para-hydroxylation sites is 6. The molecule has 11 aromatic rings. The maximum Gasteiger partial charge on any atom is 0.0685 e. The molecule has 3 aromatic heterocycles. The minimum Gasteiger partial charge on any atom is -0.310 e. The number of rotatable bonds is 6. The molecule has 290 valence electrons. The van der Waals surface area contributed by atoms with E-state index >= 15 is 0 Å². The molecule has 1 aliphatic heterocycles. The first-order chi connectivity index (χ1) is 30.0. The normalized spacial score (nSPS) is 13.2. The van der Waals surface area contributed by atoms with Gasteiger partial charge in [-0.15, -0.1) is 0 Å². The fraction of sp³-hybridized carbons (Fsp3) is 0.0536. The Morgan fingerprint density at radius 1 is 0.393 bits per heavy atom. The van der Waals surface area contributed by atoms with Crippen LogP contribution in [-0.4, -0.2) is 14.1 Å². The summed E-state index contributed by atoms with van der Waals surface area (Å²) < 4.78 is 4.89. The van der Waals surface area contributed by atoms with Crippen molar-refractivity contribution in [3.8, 4) is 11.4 Å². The second-order valence-electron chi connectivity index (χ2n) is 16.5. The lowest BCUT2D eigenvalue weighted by Gasteiger charge is -2.41. The molecule has 0 spiro atoms. The molecule has 0 bridgehead atoms. The van der Waals surface area contributed by atoms with Crippen LogP contribution in [-0.2, 0) is 5.41 Å². The van der Waals surface area contributed by atoms with Crippen molar-refractivity contribution in [3.05, 3.63) is 224 Å². The number of hydrogen-bond donors (Lipinski definition) is 0. The van der Waals surface area contributed by atoms with Crippen LogP contribution in [0.2, 0.25) is 0 Å². The third kappa shape index (κ3) is 5.37. The maximum absolute atomic E-state index is 4.73. The van der Waals surface area contributed by atoms with Gasteiger partial charge in [0.15, 0.2) is 0 Å². The molecule has 0 radical (unpaired) electrons. The zero-order valence-electron chi connectivity index (χ0n) is 33.9. The van der Waals surface area contributed by atoms with Crippen molar-refractivity contribution in [1.29, 1.82) is 0 Å². The molecule has 4 heterocycles. The van der Waals surface area contributed by atoms with Gasteiger partial charge in [0, 0.05) is 50.2 Å². The second-order valence-corrected chi connectivity index (χ2v) is 16.5. The van der Waals surface area contributed by atoms with Gasteiger partial charge >= 0.3 is 0 Å². The number of fused-ring (bicyclic) bond motifs is 8. The lowest BCUT2D eigenvalue weighted by atomic mass is 9.74. The first-order valence-electron chi connectivity index (χ1n) is 21.0. The topological polar surface area (TPSA) is 29.2 Å². The number of nitrogens with zero attached hydrogens (tertiary/aromatic N) is 5. The summed E-state index contributed by atoms with van der Waals surface area (Å²) in [6, 6.07) is 72.7. The van der Waals surface area contributed by atoms with Gasteiger partial charge in [-0.2, -0.15) is 0 Å². The fourth-order valence-corrected chi connectivity index (χ4v) is 9.99. The van der Waals surface area contributed by atoms with Gasteiger partial charge in [0.2, 0.25) is 0 Å². The summed E-state index contributed by atoms with van der Waals surface area (Å²) in [5.74, 6) is 0. The summed E-state index contributed by atoms with van der Waals surface area (Å²) in [5.41, 5.74) is 15.7. The van der Waals surface area contributed by atoms with Crippen LogP contribution in [0.4, 0.5) is 34.1 Å². The average Bonchev–Trinajstić information content (AvgIpc) is 3.83. The van der Waals surface area contributed by atoms with E-state index in [1.54, 1.807) is 0 Å². The minimum atomic E-state index is -0.212. The van der Waals surface area contributed by atoms with Crippen LogP contribution in [0.1, 0.15) is 25.0 Å². The molecule has 5 nitrogen and oxygen atoms in total. The van der Waals surface area contributed by atoms with E-state index in [0.29, 0.717) is 0 Å². The van der Waals surface area contributed by atoms with E-state index in [1.165, 1.54) is 43.7 Å². The Kier molecular flexibility index (Phi) is 7.81. The number of hydrogen-bond acceptors (Lipinski definition) is 3. The molecule has 0 saturated heterocycles. The maximum atomic E-state index is 4.73. The number of anilines is 6. The largest absolute Gasteiger partial charge is 0.310 e. The molecule has 5 heteroatoms. The molecular formula is C56H41N5. The smallest absolute Gasteiger partial charge is 0.0685 e. The van der Waals surface area contributed by atoms with Gasteiger partial charge in [-0.05, 0) is 102 Å². The Balaban J connectivity index is 1.15. The van der Waals surface area contributed by atoms with E-state index < -0.39 is 0 Å². The Morgan fingerprint density at radius 3 is 1.48 bits per heavy atom. The van der Waals surface area contributed by atoms with E-state index in [0.717, 1.165) is 56.5 Å². The summed E-state index contributed by atoms with van der Waals surface area (Å²) in [6.07, 6.45) is 3.96. The number of benzene rings is 8. The van der Waals surface area contributed by atoms with Gasteiger partial charge in [-0.25, -0.2) is 0 Å². The first kappa shape index (κ1) is 35.1. The molecule has 0 N–H and O–H groups in total. The van der Waals surface area contributed by atoms with E-state index in [1.807, 2.05) is 12.4 Å². The van der Waals surface area contributed by atoms with Crippen molar-refractivity contribution in [2.75, 3.05) is 9.80 Å². The Bertz CT molecular complexity index is 3330. The lowest BCUT2D eigenvalue weighted by Crippen LogP contribution is -2.30. The summed E-state index contributed by atoms with van der Waals surface area (Å²) in [4.78, 5) is 9.50. The first-order valence-corrected chi connectivity index (χ1v) is 21.0. The predicted octanol–water partition coefficient (Wildman–Crippen LogP) is 14.9. The van der Waals surface area contributed by atoms with Crippen LogP contribution in [0.5, 0.6) is 0 Å². The van der Waals surface area contributed by atoms with Crippen molar-refractivity contribution < 1.29 is 0 Å². The SMILES string of the molecule is CC1(C)c2ccccc2N(c2cc(-n3c4ccccc4c4ccccc43)cc(-n3c4ccccc4c4cc(N(c5ccccc5)c5ccccc5)ccc43)c2)c2cnccc21. The Morgan fingerprint density at radius 2 is 0.869 bits per heavy atom. The molecule has 0 atom stereocenters. The van der Waals surface area contributed by atoms with Crippen LogP contribution >= 0.6 is 0 Å². The van der Waals surface area contributed by atoms with Gasteiger partial charge in [0.05, 0.1) is 56.7 Å². The molecule has 12 rings (SSSR count). The van der Waals surface area contributed by atoms with Crippen molar-refractivity contribution in [3.63, 3.8) is 0 Å². The van der Waals surface area contributed by atoms with Gasteiger partial charge in [-0.3, -0.25) is 4.98 Å². The molecule has 0 fully saturated rings. The summed E-state index contributed by atoms with van der Waals surface area (Å²) >= 11 is 0. The molecule has 0 unspecified atom stereocenters. The van der Waals surface area contributed by atoms with E-state index in [2.05, 4.69) is 233 Å². The van der Waals surface area contributed by atoms with Crippen molar-refractivity contribution >= 4 is 77.7 Å². The van der Waals surface area contributed by atoms with Gasteiger partial charge in [0.1, 0.15) is 0 Å². The van der Waals surface area contributed by atoms with Gasteiger partial charge < -0.3 is 18.9 Å². The van der Waals surface area contributed by atoms with Gasteiger partial charge in [0.25, 0.3) is 0 Å². The highest BCUT2D eigenvalue weighted by Crippen LogP contribution is 2.52. The van der Waals surface area contributed by atoms with E-state index in [4.69, 9.17) is 4.98 Å². The molecule has 0 amide bonds. The van der Waals surface area contributed by atoms with Crippen LogP contribution in [0.3, 0.4) is 0 Å². The standard InChI is InChI=1S/C56H41N5/c1-56(2)48-24-12-16-28-54(48)61(55-37-57-32-31-49(55)56)43-34-41(59-50-25-13-9-21-44(50)45-22-10-14-26-51(45)59)33-42(35-43)60-52-27-15-11-23-46(52)47-36-40(29-30-53(47)60)58(38-17-5-3-6-18-38)39-19-7-4-8-20-39/h3-37H,1-2H3. The summed E-state index contributed by atoms with van der Waals surface area (Å²) in [5, 5.41) is 4.85. The van der Waals surface area contributed by atoms with Crippen molar-refractivity contribution in [1.82, 2.24) is 14.1 Å². The van der Waals surface area contributed by atoms with E-state index in [9.17, 15) is 0 Å². The highest BCUT2D eigenvalue weighted by Gasteiger charge is 2.37. The fourth-order valence-electron chi connectivity index (χ4n) is 9.99. The molecule has 8 aromatic carbocycles. The lowest BCUT2D eigenvalue weighted by molar-refractivity contribution is 0.630. The van der Waals surface area contributed by atoms with Gasteiger partial charge in [-0.1, -0.05) is 123 Å². The van der Waals surface area contributed by atoms with Crippen molar-refractivity contribution in [2.45, 2.75) is 19.3 Å². The van der Waals surface area contributed by atoms with Crippen LogP contribution in [0.25, 0.3) is 55.0 Å². The third-order valence-electron chi connectivity index (χ3n) is 12.7. The van der Waals surface area contributed by atoms with Crippen LogP contribution in [0, 0.1) is 0 Å². The van der Waals surface area contributed by atoms with E-state index in [-0.39, 0.29) is 5.41 Å². The Labute approximate surface area is 354 Å². The average molecular weight is 784 g/mol. The highest BCUT2D eigenvalue weighted by atomic mass is 15.2. The monoisotopic (exact) mass is 783 g/mol. The molecule has 0 saturated carbocycles. The second kappa shape index (κ2) is 13.6. The molecule has 61 heavy (non-hydrogen) atoms. The molecular weight excluding hydrogens is 743 g/mol. The Hall–Kier alpha value is -7.89.